The molecule has 1 fully saturated rings. The van der Waals surface area contributed by atoms with Gasteiger partial charge in [0, 0.05) is 12.2 Å². The predicted molar refractivity (Wildman–Crippen MR) is 69.9 cm³/mol. The summed E-state index contributed by atoms with van der Waals surface area (Å²) in [6, 6.07) is 3.71. The van der Waals surface area contributed by atoms with Crippen LogP contribution in [-0.2, 0) is 0 Å². The van der Waals surface area contributed by atoms with E-state index in [2.05, 4.69) is 15.7 Å². The van der Waals surface area contributed by atoms with E-state index in [1.807, 2.05) is 11.8 Å². The van der Waals surface area contributed by atoms with E-state index in [0.717, 1.165) is 24.3 Å². The first-order valence-electron chi connectivity index (χ1n) is 5.61. The molecule has 1 aliphatic heterocycles. The zero-order chi connectivity index (χ0) is 12.1. The van der Waals surface area contributed by atoms with E-state index < -0.39 is 0 Å². The van der Waals surface area contributed by atoms with Gasteiger partial charge in [0.25, 0.3) is 5.91 Å². The van der Waals surface area contributed by atoms with Gasteiger partial charge in [-0.3, -0.25) is 4.79 Å². The van der Waals surface area contributed by atoms with Crippen LogP contribution in [0.25, 0.3) is 0 Å². The fourth-order valence-electron chi connectivity index (χ4n) is 1.72. The van der Waals surface area contributed by atoms with Crippen molar-refractivity contribution in [1.82, 2.24) is 10.3 Å². The minimum atomic E-state index is -0.0574. The molecule has 17 heavy (non-hydrogen) atoms. The minimum Gasteiger partial charge on any atom is -0.349 e. The number of rotatable bonds is 3. The van der Waals surface area contributed by atoms with Crippen LogP contribution in [0.1, 0.15) is 23.2 Å². The molecule has 1 aromatic rings. The maximum absolute atomic E-state index is 11.9. The summed E-state index contributed by atoms with van der Waals surface area (Å²) in [6.07, 6.45) is 3.63. The second kappa shape index (κ2) is 5.88. The van der Waals surface area contributed by atoms with Gasteiger partial charge < -0.3 is 10.7 Å². The SMILES string of the molecule is NNc1ccc(C(=O)NC2CCSCC2)cn1. The fraction of sp³-hybridized carbons (Fsp3) is 0.455. The van der Waals surface area contributed by atoms with Gasteiger partial charge >= 0.3 is 0 Å². The number of thioether (sulfide) groups is 1. The number of hydrazine groups is 1. The lowest BCUT2D eigenvalue weighted by Gasteiger charge is -2.22. The number of pyridine rings is 1. The molecule has 0 radical (unpaired) electrons. The molecule has 1 saturated heterocycles. The zero-order valence-corrected chi connectivity index (χ0v) is 10.3. The molecular weight excluding hydrogens is 236 g/mol. The molecule has 2 rings (SSSR count). The summed E-state index contributed by atoms with van der Waals surface area (Å²) in [5, 5.41) is 3.03. The van der Waals surface area contributed by atoms with Crippen LogP contribution in [0.2, 0.25) is 0 Å². The monoisotopic (exact) mass is 252 g/mol. The standard InChI is InChI=1S/C11H16N4OS/c12-15-10-2-1-8(7-13-10)11(16)14-9-3-5-17-6-4-9/h1-2,7,9H,3-6,12H2,(H,13,15)(H,14,16). The molecule has 0 atom stereocenters. The summed E-state index contributed by atoms with van der Waals surface area (Å²) in [5.74, 6) is 7.95. The number of amides is 1. The summed E-state index contributed by atoms with van der Waals surface area (Å²) >= 11 is 1.94. The number of nitrogens with zero attached hydrogens (tertiary/aromatic N) is 1. The number of hydrogen-bond donors (Lipinski definition) is 3. The normalized spacial score (nSPS) is 16.5. The molecule has 1 aliphatic rings. The molecular formula is C11H16N4OS. The Hall–Kier alpha value is -1.27. The zero-order valence-electron chi connectivity index (χ0n) is 9.48. The highest BCUT2D eigenvalue weighted by Crippen LogP contribution is 2.17. The van der Waals surface area contributed by atoms with Crippen LogP contribution in [0, 0.1) is 0 Å². The van der Waals surface area contributed by atoms with E-state index in [4.69, 9.17) is 5.84 Å². The van der Waals surface area contributed by atoms with Crippen LogP contribution in [0.3, 0.4) is 0 Å². The summed E-state index contributed by atoms with van der Waals surface area (Å²) < 4.78 is 0. The van der Waals surface area contributed by atoms with Gasteiger partial charge in [-0.25, -0.2) is 10.8 Å². The molecule has 0 unspecified atom stereocenters. The van der Waals surface area contributed by atoms with Crippen molar-refractivity contribution in [2.75, 3.05) is 16.9 Å². The Bertz CT molecular complexity index is 376. The van der Waals surface area contributed by atoms with Gasteiger partial charge in [0.05, 0.1) is 5.56 Å². The number of nitrogens with one attached hydrogen (secondary N) is 2. The van der Waals surface area contributed by atoms with Crippen LogP contribution in [0.15, 0.2) is 18.3 Å². The summed E-state index contributed by atoms with van der Waals surface area (Å²) in [5.41, 5.74) is 3.00. The van der Waals surface area contributed by atoms with Crippen LogP contribution < -0.4 is 16.6 Å². The van der Waals surface area contributed by atoms with Crippen LogP contribution >= 0.6 is 11.8 Å². The molecule has 5 nitrogen and oxygen atoms in total. The van der Waals surface area contributed by atoms with E-state index >= 15 is 0 Å². The van der Waals surface area contributed by atoms with Gasteiger partial charge in [0.1, 0.15) is 5.82 Å². The van der Waals surface area contributed by atoms with Crippen molar-refractivity contribution >= 4 is 23.5 Å². The lowest BCUT2D eigenvalue weighted by atomic mass is 10.1. The number of carbonyl (C=O) groups is 1. The quantitative estimate of drug-likeness (QED) is 0.552. The maximum atomic E-state index is 11.9. The fourth-order valence-corrected chi connectivity index (χ4v) is 2.83. The molecule has 0 spiro atoms. The number of aromatic nitrogens is 1. The first-order valence-corrected chi connectivity index (χ1v) is 6.76. The van der Waals surface area contributed by atoms with Gasteiger partial charge in [0.15, 0.2) is 0 Å². The molecule has 92 valence electrons. The summed E-state index contributed by atoms with van der Waals surface area (Å²) in [4.78, 5) is 15.9. The van der Waals surface area contributed by atoms with E-state index in [1.165, 1.54) is 6.20 Å². The Morgan fingerprint density at radius 1 is 1.41 bits per heavy atom. The average molecular weight is 252 g/mol. The van der Waals surface area contributed by atoms with Gasteiger partial charge in [0.2, 0.25) is 0 Å². The topological polar surface area (TPSA) is 80.0 Å². The Morgan fingerprint density at radius 3 is 2.76 bits per heavy atom. The number of nitrogen functional groups attached to an aromatic ring is 1. The van der Waals surface area contributed by atoms with Gasteiger partial charge in [-0.2, -0.15) is 11.8 Å². The van der Waals surface area contributed by atoms with Crippen molar-refractivity contribution in [3.05, 3.63) is 23.9 Å². The van der Waals surface area contributed by atoms with E-state index in [0.29, 0.717) is 17.4 Å². The molecule has 1 amide bonds. The minimum absolute atomic E-state index is 0.0574. The van der Waals surface area contributed by atoms with Crippen LogP contribution in [-0.4, -0.2) is 28.4 Å². The average Bonchev–Trinajstić information content (AvgIpc) is 2.40. The van der Waals surface area contributed by atoms with Crippen molar-refractivity contribution in [3.63, 3.8) is 0 Å². The third-order valence-corrected chi connectivity index (χ3v) is 3.78. The van der Waals surface area contributed by atoms with Crippen molar-refractivity contribution in [3.8, 4) is 0 Å². The molecule has 0 aromatic carbocycles. The Kier molecular flexibility index (Phi) is 4.22. The first-order chi connectivity index (χ1) is 8.29. The number of carbonyl (C=O) groups excluding carboxylic acids is 1. The number of hydrogen-bond acceptors (Lipinski definition) is 5. The van der Waals surface area contributed by atoms with Crippen molar-refractivity contribution in [1.29, 1.82) is 0 Å². The first kappa shape index (κ1) is 12.2. The van der Waals surface area contributed by atoms with Gasteiger partial charge in [-0.1, -0.05) is 0 Å². The summed E-state index contributed by atoms with van der Waals surface area (Å²) in [7, 11) is 0. The molecule has 0 aliphatic carbocycles. The molecule has 0 saturated carbocycles. The lowest BCUT2D eigenvalue weighted by Crippen LogP contribution is -2.37. The molecule has 0 bridgehead atoms. The highest BCUT2D eigenvalue weighted by molar-refractivity contribution is 7.99. The third kappa shape index (κ3) is 3.34. The number of anilines is 1. The molecule has 4 N–H and O–H groups in total. The summed E-state index contributed by atoms with van der Waals surface area (Å²) in [6.45, 7) is 0. The van der Waals surface area contributed by atoms with E-state index in [1.54, 1.807) is 12.1 Å². The van der Waals surface area contributed by atoms with E-state index in [-0.39, 0.29) is 5.91 Å². The second-order valence-corrected chi connectivity index (χ2v) is 5.16. The van der Waals surface area contributed by atoms with Crippen molar-refractivity contribution in [2.24, 2.45) is 5.84 Å². The smallest absolute Gasteiger partial charge is 0.253 e. The molecule has 6 heteroatoms. The Morgan fingerprint density at radius 2 is 2.18 bits per heavy atom. The third-order valence-electron chi connectivity index (χ3n) is 2.73. The van der Waals surface area contributed by atoms with Crippen molar-refractivity contribution in [2.45, 2.75) is 18.9 Å². The van der Waals surface area contributed by atoms with Crippen LogP contribution in [0.5, 0.6) is 0 Å². The Labute approximate surface area is 105 Å². The van der Waals surface area contributed by atoms with Crippen molar-refractivity contribution < 1.29 is 4.79 Å². The highest BCUT2D eigenvalue weighted by atomic mass is 32.2. The van der Waals surface area contributed by atoms with Crippen LogP contribution in [0.4, 0.5) is 5.82 Å². The predicted octanol–water partition coefficient (Wildman–Crippen LogP) is 0.993. The second-order valence-electron chi connectivity index (χ2n) is 3.94. The van der Waals surface area contributed by atoms with Gasteiger partial charge in [-0.15, -0.1) is 0 Å². The number of nitrogens with two attached hydrogens (primary N) is 1. The Balaban J connectivity index is 1.93. The van der Waals surface area contributed by atoms with E-state index in [9.17, 15) is 4.79 Å². The lowest BCUT2D eigenvalue weighted by molar-refractivity contribution is 0.0934. The van der Waals surface area contributed by atoms with Gasteiger partial charge in [-0.05, 0) is 36.5 Å². The largest absolute Gasteiger partial charge is 0.349 e. The highest BCUT2D eigenvalue weighted by Gasteiger charge is 2.16. The molecule has 1 aromatic heterocycles. The maximum Gasteiger partial charge on any atom is 0.253 e. The molecule has 2 heterocycles.